The number of H-pyrrole nitrogens is 1. The van der Waals surface area contributed by atoms with Crippen molar-refractivity contribution in [2.45, 2.75) is 114 Å². The van der Waals surface area contributed by atoms with Gasteiger partial charge < -0.3 is 51.8 Å². The van der Waals surface area contributed by atoms with Crippen LogP contribution in [-0.4, -0.2) is 76.8 Å². The number of quaternary nitrogens is 1. The largest absolute Gasteiger partial charge is 1.00 e. The second-order valence-corrected chi connectivity index (χ2v) is 15.8. The topological polar surface area (TPSA) is 115 Å². The Balaban J connectivity index is 0.00000504. The maximum atomic E-state index is 12.0. The van der Waals surface area contributed by atoms with Gasteiger partial charge in [0.2, 0.25) is 5.56 Å². The Morgan fingerprint density at radius 2 is 1.53 bits per heavy atom. The molecule has 2 bridgehead atoms. The van der Waals surface area contributed by atoms with Crippen molar-refractivity contribution in [3.8, 4) is 5.75 Å². The number of phenolic OH excluding ortho intramolecular Hbond substituents is 1. The molecule has 1 aromatic heterocycles. The molecule has 0 spiro atoms. The maximum absolute atomic E-state index is 12.0. The molecule has 0 unspecified atom stereocenters. The summed E-state index contributed by atoms with van der Waals surface area (Å²) >= 11 is 0. The van der Waals surface area contributed by atoms with E-state index in [2.05, 4.69) is 34.6 Å². The number of aliphatic hydroxyl groups excluding tert-OH is 1. The smallest absolute Gasteiger partial charge is 0.248 e. The van der Waals surface area contributed by atoms with E-state index in [9.17, 15) is 20.1 Å². The van der Waals surface area contributed by atoms with Crippen molar-refractivity contribution < 1.29 is 41.5 Å². The molecule has 7 rings (SSSR count). The minimum absolute atomic E-state index is 0. The molecule has 4 fully saturated rings. The van der Waals surface area contributed by atoms with Crippen molar-refractivity contribution in [2.75, 3.05) is 45.9 Å². The van der Waals surface area contributed by atoms with Crippen molar-refractivity contribution >= 4 is 10.9 Å². The van der Waals surface area contributed by atoms with Gasteiger partial charge in [-0.1, -0.05) is 87.8 Å². The number of unbranched alkanes of at least 4 members (excludes halogenated alkanes) is 8. The number of hydrogen-bond acceptors (Lipinski definition) is 6. The van der Waals surface area contributed by atoms with Gasteiger partial charge in [-0.2, -0.15) is 0 Å². The van der Waals surface area contributed by atoms with E-state index in [1.807, 2.05) is 6.07 Å². The summed E-state index contributed by atoms with van der Waals surface area (Å²) in [7, 11) is 0. The second kappa shape index (κ2) is 19.2. The maximum Gasteiger partial charge on any atom is 0.248 e. The normalized spacial score (nSPS) is 23.6. The van der Waals surface area contributed by atoms with Crippen LogP contribution in [0.25, 0.3) is 10.9 Å². The lowest BCUT2D eigenvalue weighted by atomic mass is 9.80. The third-order valence-electron chi connectivity index (χ3n) is 12.5. The first-order valence-electron chi connectivity index (χ1n) is 19.9. The van der Waals surface area contributed by atoms with Gasteiger partial charge in [-0.3, -0.25) is 4.79 Å². The molecule has 1 aliphatic carbocycles. The number of fused-ring (bicyclic) bond motifs is 4. The summed E-state index contributed by atoms with van der Waals surface area (Å²) in [6.07, 6.45) is 18.2. The summed E-state index contributed by atoms with van der Waals surface area (Å²) in [5.41, 5.74) is 0.955. The molecule has 2 aromatic carbocycles. The van der Waals surface area contributed by atoms with E-state index in [0.29, 0.717) is 41.5 Å². The van der Waals surface area contributed by atoms with Crippen LogP contribution < -0.4 is 27.9 Å². The lowest BCUT2D eigenvalue weighted by Gasteiger charge is -2.53. The number of aromatic amines is 1. The van der Waals surface area contributed by atoms with Gasteiger partial charge in [0, 0.05) is 36.8 Å². The van der Waals surface area contributed by atoms with E-state index in [1.165, 1.54) is 113 Å². The Bertz CT molecular complexity index is 1540. The van der Waals surface area contributed by atoms with Crippen LogP contribution >= 0.6 is 0 Å². The molecule has 282 valence electrons. The van der Waals surface area contributed by atoms with E-state index in [1.54, 1.807) is 12.1 Å². The zero-order valence-electron chi connectivity index (χ0n) is 30.5. The van der Waals surface area contributed by atoms with Gasteiger partial charge >= 0.3 is 0 Å². The summed E-state index contributed by atoms with van der Waals surface area (Å²) < 4.78 is 7.97. The highest BCUT2D eigenvalue weighted by atomic mass is 79.9. The van der Waals surface area contributed by atoms with Crippen molar-refractivity contribution in [1.82, 2.24) is 10.3 Å². The molecule has 51 heavy (non-hydrogen) atoms. The van der Waals surface area contributed by atoms with Crippen LogP contribution in [-0.2, 0) is 10.3 Å². The number of aromatic nitrogens is 1. The number of piperidine rings is 3. The number of rotatable bonds is 20. The van der Waals surface area contributed by atoms with Gasteiger partial charge in [0.15, 0.2) is 0 Å². The lowest BCUT2D eigenvalue weighted by Crippen LogP contribution is -3.00. The SMILES string of the molecule is O=c1ccc2c([C@@H](O)CNCCCCCCCCCCC[N+]34CCC(CC3)[C@@H](OC[C@@](O)(c3ccccc3)C3CCCC3)C4)ccc(O)c2[nH]1.[Br-]. The van der Waals surface area contributed by atoms with Crippen molar-refractivity contribution in [2.24, 2.45) is 11.8 Å². The number of ether oxygens (including phenoxy) is 1. The fourth-order valence-electron chi connectivity index (χ4n) is 9.36. The van der Waals surface area contributed by atoms with Crippen LogP contribution in [0.15, 0.2) is 59.4 Å². The molecule has 8 nitrogen and oxygen atoms in total. The molecule has 0 amide bonds. The number of aromatic hydroxyl groups is 1. The number of aliphatic hydroxyl groups is 2. The highest BCUT2D eigenvalue weighted by Gasteiger charge is 2.48. The molecule has 3 atom stereocenters. The molecule has 4 heterocycles. The van der Waals surface area contributed by atoms with Crippen molar-refractivity contribution in [1.29, 1.82) is 0 Å². The predicted molar refractivity (Wildman–Crippen MR) is 200 cm³/mol. The number of benzene rings is 2. The first-order valence-corrected chi connectivity index (χ1v) is 19.9. The Kier molecular flexibility index (Phi) is 15.0. The number of nitrogens with zero attached hydrogens (tertiary/aromatic N) is 1. The molecular weight excluding hydrogens is 706 g/mol. The number of phenols is 1. The first-order chi connectivity index (χ1) is 24.4. The quantitative estimate of drug-likeness (QED) is 0.0876. The minimum atomic E-state index is -0.869. The van der Waals surface area contributed by atoms with E-state index < -0.39 is 11.7 Å². The fraction of sp³-hybridized carbons (Fsp3) is 0.643. The second-order valence-electron chi connectivity index (χ2n) is 15.8. The summed E-state index contributed by atoms with van der Waals surface area (Å²) in [5.74, 6) is 0.962. The molecule has 5 N–H and O–H groups in total. The molecule has 4 aliphatic rings. The third-order valence-corrected chi connectivity index (χ3v) is 12.5. The third kappa shape index (κ3) is 10.2. The number of pyridine rings is 1. The van der Waals surface area contributed by atoms with E-state index in [0.717, 1.165) is 37.9 Å². The van der Waals surface area contributed by atoms with Crippen LogP contribution in [0.2, 0.25) is 0 Å². The zero-order chi connectivity index (χ0) is 34.8. The van der Waals surface area contributed by atoms with Gasteiger partial charge in [0.1, 0.15) is 24.0 Å². The average molecular weight is 769 g/mol. The Morgan fingerprint density at radius 1 is 0.863 bits per heavy atom. The molecule has 3 aromatic rings. The van der Waals surface area contributed by atoms with Crippen molar-refractivity contribution in [3.05, 3.63) is 76.1 Å². The van der Waals surface area contributed by atoms with Crippen LogP contribution in [0.1, 0.15) is 114 Å². The van der Waals surface area contributed by atoms with Gasteiger partial charge in [0.05, 0.1) is 37.9 Å². The molecule has 3 saturated heterocycles. The molecule has 9 heteroatoms. The number of hydrogen-bond donors (Lipinski definition) is 5. The van der Waals surface area contributed by atoms with Crippen LogP contribution in [0.3, 0.4) is 0 Å². The predicted octanol–water partition coefficient (Wildman–Crippen LogP) is 4.08. The Hall–Kier alpha value is -2.27. The van der Waals surface area contributed by atoms with Crippen LogP contribution in [0.4, 0.5) is 0 Å². The Labute approximate surface area is 315 Å². The highest BCUT2D eigenvalue weighted by molar-refractivity contribution is 5.87. The summed E-state index contributed by atoms with van der Waals surface area (Å²) in [4.78, 5) is 14.3. The Morgan fingerprint density at radius 3 is 2.24 bits per heavy atom. The zero-order valence-corrected chi connectivity index (χ0v) is 32.1. The number of nitrogens with one attached hydrogen (secondary N) is 2. The van der Waals surface area contributed by atoms with Crippen molar-refractivity contribution in [3.63, 3.8) is 0 Å². The molecular formula is C42H62BrN3O5. The summed E-state index contributed by atoms with van der Waals surface area (Å²) in [6, 6.07) is 16.6. The van der Waals surface area contributed by atoms with E-state index in [-0.39, 0.29) is 34.4 Å². The average Bonchev–Trinajstić information content (AvgIpc) is 3.70. The van der Waals surface area contributed by atoms with Gasteiger partial charge in [-0.25, -0.2) is 0 Å². The van der Waals surface area contributed by atoms with E-state index in [4.69, 9.17) is 4.74 Å². The van der Waals surface area contributed by atoms with Gasteiger partial charge in [-0.05, 0) is 67.8 Å². The molecule has 3 aliphatic heterocycles. The van der Waals surface area contributed by atoms with Crippen LogP contribution in [0, 0.1) is 11.8 Å². The number of halogens is 1. The lowest BCUT2D eigenvalue weighted by molar-refractivity contribution is -0.946. The van der Waals surface area contributed by atoms with Crippen LogP contribution in [0.5, 0.6) is 5.75 Å². The monoisotopic (exact) mass is 767 g/mol. The summed E-state index contributed by atoms with van der Waals surface area (Å²) in [6.45, 7) is 6.76. The minimum Gasteiger partial charge on any atom is -1.00 e. The van der Waals surface area contributed by atoms with E-state index >= 15 is 0 Å². The first kappa shape index (κ1) is 39.9. The molecule has 1 saturated carbocycles. The molecule has 0 radical (unpaired) electrons. The van der Waals surface area contributed by atoms with Gasteiger partial charge in [-0.15, -0.1) is 0 Å². The standard InChI is InChI=1S/C42H61N3O5.BrH/c46-37-21-19-35(36-20-22-40(48)44-41(36)37)38(47)29-43-25-13-6-4-2-1-3-5-7-14-26-45-27-23-32(24-28-45)39(30-45)50-31-42(49,34-17-11-12-18-34)33-15-9-8-10-16-33;/h8-10,15-16,19-22,32,34,38-39,43,47,49H,1-7,11-14,17-18,23-31H2,(H-,44,46,48);1H/t32?,38-,39-,42+,45?;/m0./s1. The highest BCUT2D eigenvalue weighted by Crippen LogP contribution is 2.43. The summed E-state index contributed by atoms with van der Waals surface area (Å²) in [5, 5.41) is 36.8. The van der Waals surface area contributed by atoms with Gasteiger partial charge in [0.25, 0.3) is 0 Å². The fourth-order valence-corrected chi connectivity index (χ4v) is 9.36.